The standard InChI is InChI=1S/C15H16F2N2S/c1-2-19-15(13-7-8-18-9-14(13)17)10-20-12-5-3-11(16)4-6-12/h3-9,15,19H,2,10H2,1H3. The Morgan fingerprint density at radius 2 is 1.95 bits per heavy atom. The second-order valence-electron chi connectivity index (χ2n) is 4.27. The van der Waals surface area contributed by atoms with E-state index in [1.165, 1.54) is 18.3 Å². The zero-order valence-electron chi connectivity index (χ0n) is 11.1. The molecule has 2 rings (SSSR count). The first-order chi connectivity index (χ1) is 9.70. The summed E-state index contributed by atoms with van der Waals surface area (Å²) in [7, 11) is 0. The molecule has 0 bridgehead atoms. The summed E-state index contributed by atoms with van der Waals surface area (Å²) in [5, 5.41) is 3.26. The first-order valence-electron chi connectivity index (χ1n) is 6.42. The van der Waals surface area contributed by atoms with E-state index in [0.717, 1.165) is 11.4 Å². The molecule has 0 saturated heterocycles. The SMILES string of the molecule is CCNC(CSc1ccc(F)cc1)c1ccncc1F. The van der Waals surface area contributed by atoms with E-state index in [1.807, 2.05) is 6.92 Å². The number of nitrogens with one attached hydrogen (secondary N) is 1. The summed E-state index contributed by atoms with van der Waals surface area (Å²) in [4.78, 5) is 4.73. The van der Waals surface area contributed by atoms with E-state index in [2.05, 4.69) is 10.3 Å². The van der Waals surface area contributed by atoms with Crippen molar-refractivity contribution in [3.63, 3.8) is 0 Å². The fourth-order valence-corrected chi connectivity index (χ4v) is 2.87. The number of rotatable bonds is 6. The van der Waals surface area contributed by atoms with Gasteiger partial charge in [0.2, 0.25) is 0 Å². The summed E-state index contributed by atoms with van der Waals surface area (Å²) in [6, 6.07) is 7.90. The van der Waals surface area contributed by atoms with Crippen molar-refractivity contribution < 1.29 is 8.78 Å². The van der Waals surface area contributed by atoms with Gasteiger partial charge in [0.15, 0.2) is 0 Å². The summed E-state index contributed by atoms with van der Waals surface area (Å²) in [6.07, 6.45) is 2.81. The van der Waals surface area contributed by atoms with Gasteiger partial charge in [0.1, 0.15) is 11.6 Å². The van der Waals surface area contributed by atoms with Gasteiger partial charge in [0.25, 0.3) is 0 Å². The lowest BCUT2D eigenvalue weighted by molar-refractivity contribution is 0.541. The molecular formula is C15H16F2N2S. The summed E-state index contributed by atoms with van der Waals surface area (Å²) < 4.78 is 26.6. The van der Waals surface area contributed by atoms with Crippen molar-refractivity contribution >= 4 is 11.8 Å². The second kappa shape index (κ2) is 7.36. The molecule has 0 fully saturated rings. The van der Waals surface area contributed by atoms with Gasteiger partial charge in [-0.25, -0.2) is 8.78 Å². The molecule has 1 atom stereocenters. The molecule has 1 N–H and O–H groups in total. The van der Waals surface area contributed by atoms with Crippen LogP contribution in [-0.2, 0) is 0 Å². The van der Waals surface area contributed by atoms with Crippen molar-refractivity contribution in [1.82, 2.24) is 10.3 Å². The summed E-state index contributed by atoms with van der Waals surface area (Å²) in [5.74, 6) is 0.108. The van der Waals surface area contributed by atoms with Crippen LogP contribution in [0.15, 0.2) is 47.6 Å². The minimum absolute atomic E-state index is 0.0990. The molecule has 1 aromatic carbocycles. The summed E-state index contributed by atoms with van der Waals surface area (Å²) in [6.45, 7) is 2.73. The van der Waals surface area contributed by atoms with E-state index in [0.29, 0.717) is 11.3 Å². The first kappa shape index (κ1) is 14.9. The number of thioether (sulfide) groups is 1. The van der Waals surface area contributed by atoms with Crippen LogP contribution in [0.4, 0.5) is 8.78 Å². The number of hydrogen-bond donors (Lipinski definition) is 1. The van der Waals surface area contributed by atoms with E-state index >= 15 is 0 Å². The number of pyridine rings is 1. The first-order valence-corrected chi connectivity index (χ1v) is 7.40. The lowest BCUT2D eigenvalue weighted by atomic mass is 10.1. The van der Waals surface area contributed by atoms with Gasteiger partial charge in [-0.05, 0) is 36.9 Å². The van der Waals surface area contributed by atoms with Crippen LogP contribution >= 0.6 is 11.8 Å². The zero-order valence-corrected chi connectivity index (χ0v) is 12.0. The maximum atomic E-state index is 13.8. The van der Waals surface area contributed by atoms with E-state index in [4.69, 9.17) is 0 Å². The third-order valence-electron chi connectivity index (χ3n) is 2.86. The number of nitrogens with zero attached hydrogens (tertiary/aromatic N) is 1. The predicted molar refractivity (Wildman–Crippen MR) is 77.7 cm³/mol. The average molecular weight is 294 g/mol. The Bertz CT molecular complexity index is 546. The van der Waals surface area contributed by atoms with Crippen LogP contribution in [0.2, 0.25) is 0 Å². The molecule has 20 heavy (non-hydrogen) atoms. The molecule has 5 heteroatoms. The maximum Gasteiger partial charge on any atom is 0.146 e. The highest BCUT2D eigenvalue weighted by atomic mass is 32.2. The lowest BCUT2D eigenvalue weighted by Crippen LogP contribution is -2.24. The summed E-state index contributed by atoms with van der Waals surface area (Å²) >= 11 is 1.56. The van der Waals surface area contributed by atoms with Gasteiger partial charge in [-0.2, -0.15) is 0 Å². The topological polar surface area (TPSA) is 24.9 Å². The van der Waals surface area contributed by atoms with Gasteiger partial charge in [-0.15, -0.1) is 11.8 Å². The fraction of sp³-hybridized carbons (Fsp3) is 0.267. The van der Waals surface area contributed by atoms with Gasteiger partial charge in [-0.3, -0.25) is 4.98 Å². The smallest absolute Gasteiger partial charge is 0.146 e. The Morgan fingerprint density at radius 1 is 1.20 bits per heavy atom. The van der Waals surface area contributed by atoms with Crippen LogP contribution < -0.4 is 5.32 Å². The highest BCUT2D eigenvalue weighted by molar-refractivity contribution is 7.99. The largest absolute Gasteiger partial charge is 0.309 e. The number of benzene rings is 1. The van der Waals surface area contributed by atoms with Gasteiger partial charge in [0, 0.05) is 28.5 Å². The maximum absolute atomic E-state index is 13.8. The molecule has 0 aliphatic carbocycles. The van der Waals surface area contributed by atoms with Crippen LogP contribution in [0.3, 0.4) is 0 Å². The van der Waals surface area contributed by atoms with Crippen LogP contribution in [0.5, 0.6) is 0 Å². The van der Waals surface area contributed by atoms with Crippen LogP contribution in [0, 0.1) is 11.6 Å². The molecule has 0 radical (unpaired) electrons. The Kier molecular flexibility index (Phi) is 5.49. The Hall–Kier alpha value is -1.46. The molecule has 0 saturated carbocycles. The van der Waals surface area contributed by atoms with Crippen molar-refractivity contribution in [3.05, 3.63) is 59.9 Å². The fourth-order valence-electron chi connectivity index (χ4n) is 1.88. The number of aromatic nitrogens is 1. The Morgan fingerprint density at radius 3 is 2.60 bits per heavy atom. The van der Waals surface area contributed by atoms with Crippen molar-refractivity contribution in [3.8, 4) is 0 Å². The van der Waals surface area contributed by atoms with E-state index in [9.17, 15) is 8.78 Å². The normalized spacial score (nSPS) is 12.3. The molecule has 1 heterocycles. The van der Waals surface area contributed by atoms with Crippen LogP contribution in [0.25, 0.3) is 0 Å². The van der Waals surface area contributed by atoms with Gasteiger partial charge < -0.3 is 5.32 Å². The van der Waals surface area contributed by atoms with Crippen molar-refractivity contribution in [2.75, 3.05) is 12.3 Å². The minimum atomic E-state index is -0.307. The molecule has 0 aliphatic heterocycles. The zero-order chi connectivity index (χ0) is 14.4. The molecule has 1 aromatic heterocycles. The Labute approximate surface area is 121 Å². The van der Waals surface area contributed by atoms with E-state index in [-0.39, 0.29) is 17.7 Å². The molecule has 0 aliphatic rings. The predicted octanol–water partition coefficient (Wildman–Crippen LogP) is 3.80. The van der Waals surface area contributed by atoms with Gasteiger partial charge >= 0.3 is 0 Å². The average Bonchev–Trinajstić information content (AvgIpc) is 2.46. The minimum Gasteiger partial charge on any atom is -0.309 e. The van der Waals surface area contributed by atoms with Crippen LogP contribution in [-0.4, -0.2) is 17.3 Å². The molecule has 0 amide bonds. The quantitative estimate of drug-likeness (QED) is 0.820. The van der Waals surface area contributed by atoms with Crippen molar-refractivity contribution in [2.24, 2.45) is 0 Å². The van der Waals surface area contributed by atoms with Gasteiger partial charge in [0.05, 0.1) is 6.20 Å². The Balaban J connectivity index is 2.06. The van der Waals surface area contributed by atoms with E-state index < -0.39 is 0 Å². The monoisotopic (exact) mass is 294 g/mol. The molecular weight excluding hydrogens is 278 g/mol. The van der Waals surface area contributed by atoms with Crippen molar-refractivity contribution in [2.45, 2.75) is 17.9 Å². The molecule has 2 nitrogen and oxygen atoms in total. The number of hydrogen-bond acceptors (Lipinski definition) is 3. The van der Waals surface area contributed by atoms with Crippen LogP contribution in [0.1, 0.15) is 18.5 Å². The van der Waals surface area contributed by atoms with E-state index in [1.54, 1.807) is 36.2 Å². The van der Waals surface area contributed by atoms with Gasteiger partial charge in [-0.1, -0.05) is 6.92 Å². The molecule has 0 spiro atoms. The third-order valence-corrected chi connectivity index (χ3v) is 3.97. The molecule has 106 valence electrons. The number of halogens is 2. The third kappa shape index (κ3) is 4.02. The second-order valence-corrected chi connectivity index (χ2v) is 5.37. The molecule has 2 aromatic rings. The lowest BCUT2D eigenvalue weighted by Gasteiger charge is -2.18. The highest BCUT2D eigenvalue weighted by Crippen LogP contribution is 2.26. The van der Waals surface area contributed by atoms with Crippen molar-refractivity contribution in [1.29, 1.82) is 0 Å². The summed E-state index contributed by atoms with van der Waals surface area (Å²) in [5.41, 5.74) is 0.608. The molecule has 1 unspecified atom stereocenters. The highest BCUT2D eigenvalue weighted by Gasteiger charge is 2.15.